The van der Waals surface area contributed by atoms with Crippen LogP contribution in [-0.4, -0.2) is 40.2 Å². The molecule has 0 bridgehead atoms. The molecule has 9 heteroatoms. The first-order valence-electron chi connectivity index (χ1n) is 11.5. The van der Waals surface area contributed by atoms with Crippen molar-refractivity contribution in [3.8, 4) is 11.1 Å². The minimum atomic E-state index is -0.970. The van der Waals surface area contributed by atoms with Crippen molar-refractivity contribution >= 4 is 18.0 Å². The Kier molecular flexibility index (Phi) is 5.98. The number of alkyl carbamates (subject to hydrolysis) is 1. The normalized spacial score (nSPS) is 15.4. The molecule has 2 aliphatic carbocycles. The summed E-state index contributed by atoms with van der Waals surface area (Å²) < 4.78 is 10.8. The third-order valence-corrected chi connectivity index (χ3v) is 6.77. The first-order chi connectivity index (χ1) is 17.0. The second-order valence-corrected chi connectivity index (χ2v) is 8.96. The first kappa shape index (κ1) is 22.6. The highest BCUT2D eigenvalue weighted by Gasteiger charge is 2.41. The minimum absolute atomic E-state index is 0.0145. The number of nitrogens with zero attached hydrogens (tertiary/aromatic N) is 1. The van der Waals surface area contributed by atoms with E-state index in [2.05, 4.69) is 27.8 Å². The maximum absolute atomic E-state index is 12.7. The van der Waals surface area contributed by atoms with Gasteiger partial charge < -0.3 is 24.9 Å². The fourth-order valence-corrected chi connectivity index (χ4v) is 4.92. The van der Waals surface area contributed by atoms with Crippen molar-refractivity contribution in [3.05, 3.63) is 77.5 Å². The smallest absolute Gasteiger partial charge is 0.407 e. The third-order valence-electron chi connectivity index (χ3n) is 6.77. The van der Waals surface area contributed by atoms with Gasteiger partial charge in [0, 0.05) is 5.92 Å². The molecule has 35 heavy (non-hydrogen) atoms. The van der Waals surface area contributed by atoms with Gasteiger partial charge in [-0.15, -0.1) is 0 Å². The molecule has 1 saturated carbocycles. The Labute approximate surface area is 201 Å². The fourth-order valence-electron chi connectivity index (χ4n) is 4.92. The summed E-state index contributed by atoms with van der Waals surface area (Å²) in [5.74, 6) is -1.39. The monoisotopic (exact) mass is 475 g/mol. The lowest BCUT2D eigenvalue weighted by Gasteiger charge is -2.41. The predicted octanol–water partition coefficient (Wildman–Crippen LogP) is 3.84. The van der Waals surface area contributed by atoms with E-state index in [1.54, 1.807) is 0 Å². The van der Waals surface area contributed by atoms with Crippen molar-refractivity contribution < 1.29 is 28.6 Å². The lowest BCUT2D eigenvalue weighted by Crippen LogP contribution is -2.54. The number of aromatic nitrogens is 1. The summed E-state index contributed by atoms with van der Waals surface area (Å²) in [6, 6.07) is 16.1. The SMILES string of the molecule is O=C(O)CC1(NC(=O)c2ncoc2CNC(=O)OCC2c3ccccc3-c3ccccc32)CCC1. The van der Waals surface area contributed by atoms with Crippen molar-refractivity contribution in [2.45, 2.75) is 43.7 Å². The highest BCUT2D eigenvalue weighted by Crippen LogP contribution is 2.44. The van der Waals surface area contributed by atoms with Crippen LogP contribution in [0.5, 0.6) is 0 Å². The third kappa shape index (κ3) is 4.49. The van der Waals surface area contributed by atoms with Crippen LogP contribution in [-0.2, 0) is 16.1 Å². The lowest BCUT2D eigenvalue weighted by molar-refractivity contribution is -0.139. The van der Waals surface area contributed by atoms with Gasteiger partial charge in [0.25, 0.3) is 5.91 Å². The number of ether oxygens (including phenoxy) is 1. The molecule has 1 aromatic heterocycles. The number of carbonyl (C=O) groups excluding carboxylic acids is 2. The Morgan fingerprint density at radius 2 is 1.71 bits per heavy atom. The van der Waals surface area contributed by atoms with Crippen LogP contribution in [0.25, 0.3) is 11.1 Å². The zero-order valence-corrected chi connectivity index (χ0v) is 19.0. The standard InChI is InChI=1S/C26H25N3O6/c30-22(31)12-26(10-5-11-26)29-24(32)23-21(35-15-28-23)13-27-25(33)34-14-20-18-8-3-1-6-16(18)17-7-2-4-9-19(17)20/h1-4,6-9,15,20H,5,10-14H2,(H,27,33)(H,29,32)(H,30,31). The van der Waals surface area contributed by atoms with Crippen LogP contribution < -0.4 is 10.6 Å². The van der Waals surface area contributed by atoms with Gasteiger partial charge in [0.05, 0.1) is 18.5 Å². The number of carbonyl (C=O) groups is 3. The molecule has 0 spiro atoms. The number of aliphatic carboxylic acids is 1. The molecule has 0 saturated heterocycles. The first-order valence-corrected chi connectivity index (χ1v) is 11.5. The fraction of sp³-hybridized carbons (Fsp3) is 0.308. The number of rotatable bonds is 8. The van der Waals surface area contributed by atoms with Crippen LogP contribution >= 0.6 is 0 Å². The molecule has 0 unspecified atom stereocenters. The van der Waals surface area contributed by atoms with E-state index in [-0.39, 0.29) is 36.9 Å². The second kappa shape index (κ2) is 9.25. The van der Waals surface area contributed by atoms with Gasteiger partial charge in [0.2, 0.25) is 0 Å². The van der Waals surface area contributed by atoms with E-state index in [9.17, 15) is 14.4 Å². The highest BCUT2D eigenvalue weighted by atomic mass is 16.5. The van der Waals surface area contributed by atoms with Crippen LogP contribution in [0, 0.1) is 0 Å². The molecule has 5 rings (SSSR count). The van der Waals surface area contributed by atoms with Crippen LogP contribution in [0.15, 0.2) is 59.3 Å². The summed E-state index contributed by atoms with van der Waals surface area (Å²) in [5, 5.41) is 14.5. The number of carboxylic acids is 1. The zero-order chi connectivity index (χ0) is 24.4. The summed E-state index contributed by atoms with van der Waals surface area (Å²) in [6.45, 7) is 0.0761. The summed E-state index contributed by atoms with van der Waals surface area (Å²) in [6.07, 6.45) is 2.36. The molecule has 0 radical (unpaired) electrons. The van der Waals surface area contributed by atoms with E-state index in [0.717, 1.165) is 35.1 Å². The molecule has 9 nitrogen and oxygen atoms in total. The van der Waals surface area contributed by atoms with Gasteiger partial charge in [-0.3, -0.25) is 9.59 Å². The molecule has 2 amide bonds. The van der Waals surface area contributed by atoms with Gasteiger partial charge in [-0.1, -0.05) is 48.5 Å². The van der Waals surface area contributed by atoms with Gasteiger partial charge >= 0.3 is 12.1 Å². The number of oxazole rings is 1. The van der Waals surface area contributed by atoms with E-state index < -0.39 is 23.5 Å². The van der Waals surface area contributed by atoms with Gasteiger partial charge in [0.1, 0.15) is 6.61 Å². The average Bonchev–Trinajstić information content (AvgIpc) is 3.42. The molecule has 1 heterocycles. The molecule has 1 fully saturated rings. The van der Waals surface area contributed by atoms with Gasteiger partial charge in [-0.05, 0) is 41.5 Å². The van der Waals surface area contributed by atoms with Crippen LogP contribution in [0.4, 0.5) is 4.79 Å². The van der Waals surface area contributed by atoms with Crippen LogP contribution in [0.3, 0.4) is 0 Å². The molecular formula is C26H25N3O6. The van der Waals surface area contributed by atoms with Gasteiger partial charge in [0.15, 0.2) is 17.8 Å². The maximum Gasteiger partial charge on any atom is 0.407 e. The molecule has 0 atom stereocenters. The largest absolute Gasteiger partial charge is 0.481 e. The van der Waals surface area contributed by atoms with Gasteiger partial charge in [-0.2, -0.15) is 0 Å². The van der Waals surface area contributed by atoms with Crippen molar-refractivity contribution in [1.29, 1.82) is 0 Å². The number of hydrogen-bond acceptors (Lipinski definition) is 6. The molecule has 0 aliphatic heterocycles. The van der Waals surface area contributed by atoms with E-state index in [1.165, 1.54) is 0 Å². The quantitative estimate of drug-likeness (QED) is 0.451. The molecule has 3 aromatic rings. The Morgan fingerprint density at radius 1 is 1.06 bits per heavy atom. The Balaban J connectivity index is 1.18. The lowest BCUT2D eigenvalue weighted by atomic mass is 9.74. The Hall–Kier alpha value is -4.14. The molecule has 180 valence electrons. The number of fused-ring (bicyclic) bond motifs is 3. The van der Waals surface area contributed by atoms with E-state index in [0.29, 0.717) is 12.8 Å². The number of amides is 2. The highest BCUT2D eigenvalue weighted by molar-refractivity contribution is 5.94. The van der Waals surface area contributed by atoms with E-state index in [1.807, 2.05) is 36.4 Å². The minimum Gasteiger partial charge on any atom is -0.481 e. The van der Waals surface area contributed by atoms with Crippen LogP contribution in [0.2, 0.25) is 0 Å². The summed E-state index contributed by atoms with van der Waals surface area (Å²) in [7, 11) is 0. The Bertz CT molecular complexity index is 1230. The molecule has 2 aromatic carbocycles. The van der Waals surface area contributed by atoms with Crippen molar-refractivity contribution in [2.24, 2.45) is 0 Å². The van der Waals surface area contributed by atoms with Crippen molar-refractivity contribution in [2.75, 3.05) is 6.61 Å². The van der Waals surface area contributed by atoms with Crippen LogP contribution in [0.1, 0.15) is 59.0 Å². The molecule has 2 aliphatic rings. The predicted molar refractivity (Wildman–Crippen MR) is 125 cm³/mol. The molecular weight excluding hydrogens is 450 g/mol. The maximum atomic E-state index is 12.7. The van der Waals surface area contributed by atoms with Crippen molar-refractivity contribution in [1.82, 2.24) is 15.6 Å². The number of benzene rings is 2. The van der Waals surface area contributed by atoms with E-state index >= 15 is 0 Å². The van der Waals surface area contributed by atoms with Crippen molar-refractivity contribution in [3.63, 3.8) is 0 Å². The Morgan fingerprint density at radius 3 is 2.31 bits per heavy atom. The van der Waals surface area contributed by atoms with E-state index in [4.69, 9.17) is 14.3 Å². The number of carboxylic acid groups (broad SMARTS) is 1. The summed E-state index contributed by atoms with van der Waals surface area (Å²) in [5.41, 5.74) is 3.76. The molecule has 3 N–H and O–H groups in total. The topological polar surface area (TPSA) is 131 Å². The second-order valence-electron chi connectivity index (χ2n) is 8.96. The summed E-state index contributed by atoms with van der Waals surface area (Å²) >= 11 is 0. The number of nitrogens with one attached hydrogen (secondary N) is 2. The van der Waals surface area contributed by atoms with Gasteiger partial charge in [-0.25, -0.2) is 9.78 Å². The number of hydrogen-bond donors (Lipinski definition) is 3. The zero-order valence-electron chi connectivity index (χ0n) is 19.0. The summed E-state index contributed by atoms with van der Waals surface area (Å²) in [4.78, 5) is 40.3. The average molecular weight is 476 g/mol.